The van der Waals surface area contributed by atoms with Crippen molar-refractivity contribution < 1.29 is 23.9 Å². The van der Waals surface area contributed by atoms with Gasteiger partial charge in [-0.25, -0.2) is 9.67 Å². The van der Waals surface area contributed by atoms with Gasteiger partial charge in [0.1, 0.15) is 6.61 Å². The summed E-state index contributed by atoms with van der Waals surface area (Å²) in [7, 11) is 1.53. The van der Waals surface area contributed by atoms with Gasteiger partial charge in [0, 0.05) is 36.6 Å². The summed E-state index contributed by atoms with van der Waals surface area (Å²) in [5, 5.41) is 10.7. The van der Waals surface area contributed by atoms with E-state index in [1.807, 2.05) is 44.2 Å². The Morgan fingerprint density at radius 2 is 1.86 bits per heavy atom. The molecule has 5 rings (SSSR count). The van der Waals surface area contributed by atoms with Crippen LogP contribution in [-0.4, -0.2) is 75.7 Å². The predicted octanol–water partition coefficient (Wildman–Crippen LogP) is 3.13. The second-order valence-electron chi connectivity index (χ2n) is 10.6. The molecule has 4 aromatic rings. The van der Waals surface area contributed by atoms with Crippen molar-refractivity contribution in [2.24, 2.45) is 5.92 Å². The molecule has 0 saturated heterocycles. The second-order valence-corrected chi connectivity index (χ2v) is 10.6. The van der Waals surface area contributed by atoms with Crippen LogP contribution in [0.4, 0.5) is 0 Å². The lowest BCUT2D eigenvalue weighted by atomic mass is 10.0. The molecule has 228 valence electrons. The standard InChI is InChI=1S/C32H35N7O5/c1-21(2)28-30-36-29(22-8-5-4-6-9-22)37-39(30)16-17-44-26-18-23(11-12-25(26)43-3)31(41)34-14-15-38(20-27(40)35-28)32(42)24-10-7-13-33-19-24/h4-13,18-19,21,28H,14-17,20H2,1-3H3,(H,34,41)(H,35,40)/t28-/m1/s1. The van der Waals surface area contributed by atoms with Crippen LogP contribution in [0.5, 0.6) is 11.5 Å². The van der Waals surface area contributed by atoms with Crippen LogP contribution in [0, 0.1) is 5.92 Å². The van der Waals surface area contributed by atoms with E-state index in [4.69, 9.17) is 19.6 Å². The maximum absolute atomic E-state index is 13.5. The lowest BCUT2D eigenvalue weighted by molar-refractivity contribution is -0.123. The SMILES string of the molecule is COc1ccc2cc1OCCn1nc(-c3ccccc3)nc1[C@@H](C(C)C)NC(=O)CN(C(=O)c1cccnc1)CCNC2=O. The van der Waals surface area contributed by atoms with Gasteiger partial charge in [0.2, 0.25) is 5.91 Å². The van der Waals surface area contributed by atoms with E-state index in [2.05, 4.69) is 15.6 Å². The Balaban J connectivity index is 1.53. The third-order valence-corrected chi connectivity index (χ3v) is 7.18. The molecule has 12 heteroatoms. The number of carbonyl (C=O) groups is 3. The van der Waals surface area contributed by atoms with Crippen LogP contribution in [0.15, 0.2) is 73.1 Å². The highest BCUT2D eigenvalue weighted by atomic mass is 16.5. The third-order valence-electron chi connectivity index (χ3n) is 7.18. The molecule has 2 aromatic carbocycles. The molecule has 0 fully saturated rings. The Kier molecular flexibility index (Phi) is 9.48. The summed E-state index contributed by atoms with van der Waals surface area (Å²) in [5.41, 5.74) is 1.53. The Bertz CT molecular complexity index is 1610. The van der Waals surface area contributed by atoms with E-state index in [1.165, 1.54) is 18.2 Å². The van der Waals surface area contributed by atoms with Crippen molar-refractivity contribution in [3.8, 4) is 22.9 Å². The summed E-state index contributed by atoms with van der Waals surface area (Å²) in [6, 6.07) is 17.3. The van der Waals surface area contributed by atoms with Crippen molar-refractivity contribution in [1.29, 1.82) is 0 Å². The summed E-state index contributed by atoms with van der Waals surface area (Å²) in [6.45, 7) is 4.43. The first-order chi connectivity index (χ1) is 21.3. The Labute approximate surface area is 255 Å². The number of ether oxygens (including phenoxy) is 2. The topological polar surface area (TPSA) is 141 Å². The molecular formula is C32H35N7O5. The first-order valence-electron chi connectivity index (χ1n) is 14.4. The highest BCUT2D eigenvalue weighted by Gasteiger charge is 2.28. The van der Waals surface area contributed by atoms with Crippen LogP contribution in [0.2, 0.25) is 0 Å². The molecule has 0 saturated carbocycles. The largest absolute Gasteiger partial charge is 0.493 e. The zero-order chi connectivity index (χ0) is 31.1. The smallest absolute Gasteiger partial charge is 0.255 e. The van der Waals surface area contributed by atoms with Gasteiger partial charge in [-0.15, -0.1) is 0 Å². The molecule has 2 aromatic heterocycles. The number of methoxy groups -OCH3 is 1. The van der Waals surface area contributed by atoms with Gasteiger partial charge in [-0.2, -0.15) is 5.10 Å². The van der Waals surface area contributed by atoms with Gasteiger partial charge in [0.05, 0.1) is 31.8 Å². The molecule has 0 spiro atoms. The van der Waals surface area contributed by atoms with Crippen LogP contribution in [-0.2, 0) is 11.3 Å². The minimum Gasteiger partial charge on any atom is -0.493 e. The zero-order valence-corrected chi connectivity index (χ0v) is 24.9. The van der Waals surface area contributed by atoms with Crippen molar-refractivity contribution in [2.75, 3.05) is 33.4 Å². The lowest BCUT2D eigenvalue weighted by Crippen LogP contribution is -2.46. The molecule has 44 heavy (non-hydrogen) atoms. The zero-order valence-electron chi connectivity index (χ0n) is 24.9. The van der Waals surface area contributed by atoms with Crippen molar-refractivity contribution in [3.05, 3.63) is 90.0 Å². The molecule has 3 amide bonds. The van der Waals surface area contributed by atoms with E-state index < -0.39 is 6.04 Å². The monoisotopic (exact) mass is 597 g/mol. The van der Waals surface area contributed by atoms with Gasteiger partial charge in [-0.1, -0.05) is 44.2 Å². The quantitative estimate of drug-likeness (QED) is 0.366. The van der Waals surface area contributed by atoms with E-state index in [-0.39, 0.29) is 49.9 Å². The minimum absolute atomic E-state index is 0.0629. The number of benzene rings is 2. The van der Waals surface area contributed by atoms with E-state index in [9.17, 15) is 14.4 Å². The van der Waals surface area contributed by atoms with E-state index in [1.54, 1.807) is 41.2 Å². The predicted molar refractivity (Wildman–Crippen MR) is 162 cm³/mol. The number of aromatic nitrogens is 4. The molecule has 1 aliphatic rings. The summed E-state index contributed by atoms with van der Waals surface area (Å²) < 4.78 is 13.3. The fourth-order valence-corrected chi connectivity index (χ4v) is 4.88. The Hall–Kier alpha value is -5.26. The molecule has 2 N–H and O–H groups in total. The van der Waals surface area contributed by atoms with Crippen LogP contribution < -0.4 is 20.1 Å². The van der Waals surface area contributed by atoms with E-state index >= 15 is 0 Å². The summed E-state index contributed by atoms with van der Waals surface area (Å²) in [6.07, 6.45) is 3.02. The molecule has 2 bridgehead atoms. The number of amides is 3. The number of nitrogens with zero attached hydrogens (tertiary/aromatic N) is 5. The van der Waals surface area contributed by atoms with Gasteiger partial charge >= 0.3 is 0 Å². The molecule has 3 heterocycles. The van der Waals surface area contributed by atoms with E-state index in [0.717, 1.165) is 5.56 Å². The van der Waals surface area contributed by atoms with Crippen LogP contribution in [0.1, 0.15) is 46.4 Å². The normalized spacial score (nSPS) is 16.3. The number of nitrogens with one attached hydrogen (secondary N) is 2. The number of hydrogen-bond acceptors (Lipinski definition) is 8. The fraction of sp³-hybridized carbons (Fsp3) is 0.312. The highest BCUT2D eigenvalue weighted by Crippen LogP contribution is 2.29. The highest BCUT2D eigenvalue weighted by molar-refractivity contribution is 5.97. The van der Waals surface area contributed by atoms with Gasteiger partial charge in [0.25, 0.3) is 11.8 Å². The Morgan fingerprint density at radius 1 is 1.05 bits per heavy atom. The first kappa shape index (κ1) is 30.2. The maximum atomic E-state index is 13.5. The molecular weight excluding hydrogens is 562 g/mol. The van der Waals surface area contributed by atoms with Crippen molar-refractivity contribution in [2.45, 2.75) is 26.4 Å². The maximum Gasteiger partial charge on any atom is 0.255 e. The molecule has 1 aliphatic heterocycles. The van der Waals surface area contributed by atoms with Crippen LogP contribution in [0.25, 0.3) is 11.4 Å². The van der Waals surface area contributed by atoms with Crippen LogP contribution in [0.3, 0.4) is 0 Å². The summed E-state index contributed by atoms with van der Waals surface area (Å²) in [4.78, 5) is 50.3. The average Bonchev–Trinajstić information content (AvgIpc) is 3.46. The number of fused-ring (bicyclic) bond motifs is 3. The lowest BCUT2D eigenvalue weighted by Gasteiger charge is -2.26. The molecule has 0 radical (unpaired) electrons. The fourth-order valence-electron chi connectivity index (χ4n) is 4.88. The average molecular weight is 598 g/mol. The molecule has 0 aliphatic carbocycles. The van der Waals surface area contributed by atoms with Gasteiger partial charge in [-0.05, 0) is 36.2 Å². The van der Waals surface area contributed by atoms with Crippen molar-refractivity contribution >= 4 is 17.7 Å². The first-order valence-corrected chi connectivity index (χ1v) is 14.4. The summed E-state index contributed by atoms with van der Waals surface area (Å²) >= 11 is 0. The molecule has 0 unspecified atom stereocenters. The van der Waals surface area contributed by atoms with Crippen LogP contribution >= 0.6 is 0 Å². The molecule has 12 nitrogen and oxygen atoms in total. The third kappa shape index (κ3) is 7.02. The van der Waals surface area contributed by atoms with Gasteiger partial charge < -0.3 is 25.0 Å². The van der Waals surface area contributed by atoms with Gasteiger partial charge in [0.15, 0.2) is 23.1 Å². The van der Waals surface area contributed by atoms with Crippen molar-refractivity contribution in [1.82, 2.24) is 35.3 Å². The number of hydrogen-bond donors (Lipinski definition) is 2. The molecule has 1 atom stereocenters. The Morgan fingerprint density at radius 3 is 2.59 bits per heavy atom. The summed E-state index contributed by atoms with van der Waals surface area (Å²) in [5.74, 6) is 0.775. The van der Waals surface area contributed by atoms with Gasteiger partial charge in [-0.3, -0.25) is 19.4 Å². The minimum atomic E-state index is -0.518. The number of carbonyl (C=O) groups excluding carboxylic acids is 3. The second kappa shape index (κ2) is 13.8. The van der Waals surface area contributed by atoms with E-state index in [0.29, 0.717) is 40.8 Å². The number of pyridine rings is 1. The number of rotatable bonds is 4. The van der Waals surface area contributed by atoms with Crippen molar-refractivity contribution in [3.63, 3.8) is 0 Å².